The molecule has 5 heteroatoms. The second-order valence-electron chi connectivity index (χ2n) is 4.53. The van der Waals surface area contributed by atoms with E-state index in [1.807, 2.05) is 20.8 Å². The molecule has 0 aromatic rings. The average molecular weight is 211 g/mol. The minimum absolute atomic E-state index is 0.347. The van der Waals surface area contributed by atoms with E-state index in [0.717, 1.165) is 0 Å². The Hall–Kier alpha value is -1.52. The lowest BCUT2D eigenvalue weighted by atomic mass is 10.2. The first-order chi connectivity index (χ1) is 6.83. The summed E-state index contributed by atoms with van der Waals surface area (Å²) in [5.74, 6) is 0. The van der Waals surface area contributed by atoms with E-state index in [2.05, 4.69) is 0 Å². The third-order valence-electron chi connectivity index (χ3n) is 1.96. The van der Waals surface area contributed by atoms with Crippen LogP contribution < -0.4 is 5.73 Å². The van der Waals surface area contributed by atoms with Crippen molar-refractivity contribution < 1.29 is 9.53 Å². The molecule has 0 unspecified atom stereocenters. The summed E-state index contributed by atoms with van der Waals surface area (Å²) in [5, 5.41) is 7.10. The first kappa shape index (κ1) is 11.6. The Labute approximate surface area is 89.4 Å². The number of carbonyl (C=O) groups is 1. The minimum atomic E-state index is -0.501. The number of nitrogens with one attached hydrogen (secondary N) is 1. The van der Waals surface area contributed by atoms with Crippen molar-refractivity contribution in [2.45, 2.75) is 26.4 Å². The highest BCUT2D eigenvalue weighted by molar-refractivity contribution is 5.81. The van der Waals surface area contributed by atoms with E-state index >= 15 is 0 Å². The predicted octanol–water partition coefficient (Wildman–Crippen LogP) is 1.10. The zero-order valence-corrected chi connectivity index (χ0v) is 9.33. The molecular formula is C10H17N3O2. The van der Waals surface area contributed by atoms with Crippen LogP contribution in [-0.4, -0.2) is 35.9 Å². The van der Waals surface area contributed by atoms with E-state index in [-0.39, 0.29) is 6.09 Å². The highest BCUT2D eigenvalue weighted by Crippen LogP contribution is 2.16. The molecule has 1 amide bonds. The molecule has 1 heterocycles. The topological polar surface area (TPSA) is 79.4 Å². The fourth-order valence-electron chi connectivity index (χ4n) is 1.26. The molecule has 0 spiro atoms. The molecule has 0 saturated carbocycles. The van der Waals surface area contributed by atoms with Gasteiger partial charge in [-0.3, -0.25) is 4.90 Å². The van der Waals surface area contributed by atoms with Gasteiger partial charge < -0.3 is 15.9 Å². The standard InChI is InChI=1S/C10H17N3O2/c1-10(2,3)15-9(14)13-5-7(4-11)8(12)6-13/h4,11H,5-6,12H2,1-3H3. The Morgan fingerprint density at radius 3 is 2.53 bits per heavy atom. The van der Waals surface area contributed by atoms with Crippen LogP contribution in [-0.2, 0) is 4.74 Å². The molecule has 0 fully saturated rings. The van der Waals surface area contributed by atoms with E-state index in [9.17, 15) is 4.79 Å². The van der Waals surface area contributed by atoms with E-state index in [1.54, 1.807) is 0 Å². The predicted molar refractivity (Wildman–Crippen MR) is 57.8 cm³/mol. The van der Waals surface area contributed by atoms with Crippen molar-refractivity contribution in [2.24, 2.45) is 5.73 Å². The van der Waals surface area contributed by atoms with Crippen molar-refractivity contribution in [2.75, 3.05) is 13.1 Å². The highest BCUT2D eigenvalue weighted by Gasteiger charge is 2.27. The minimum Gasteiger partial charge on any atom is -0.444 e. The lowest BCUT2D eigenvalue weighted by Gasteiger charge is -2.24. The Kier molecular flexibility index (Phi) is 3.02. The Morgan fingerprint density at radius 1 is 1.53 bits per heavy atom. The maximum Gasteiger partial charge on any atom is 0.410 e. The zero-order chi connectivity index (χ0) is 11.6. The summed E-state index contributed by atoms with van der Waals surface area (Å²) in [6, 6.07) is 0. The van der Waals surface area contributed by atoms with Crippen molar-refractivity contribution >= 4 is 12.3 Å². The SMILES string of the molecule is CC(C)(C)OC(=O)N1CC(N)=C(C=N)C1. The monoisotopic (exact) mass is 211 g/mol. The molecule has 0 aliphatic carbocycles. The fraction of sp³-hybridized carbons (Fsp3) is 0.600. The summed E-state index contributed by atoms with van der Waals surface area (Å²) < 4.78 is 5.19. The molecule has 15 heavy (non-hydrogen) atoms. The van der Waals surface area contributed by atoms with Gasteiger partial charge in [-0.1, -0.05) is 0 Å². The van der Waals surface area contributed by atoms with Gasteiger partial charge in [0.1, 0.15) is 5.60 Å². The van der Waals surface area contributed by atoms with Gasteiger partial charge in [-0.25, -0.2) is 4.79 Å². The number of nitrogens with two attached hydrogens (primary N) is 1. The van der Waals surface area contributed by atoms with Gasteiger partial charge in [-0.15, -0.1) is 0 Å². The van der Waals surface area contributed by atoms with Crippen LogP contribution in [0.15, 0.2) is 11.3 Å². The third kappa shape index (κ3) is 2.97. The summed E-state index contributed by atoms with van der Waals surface area (Å²) in [4.78, 5) is 13.1. The van der Waals surface area contributed by atoms with E-state index < -0.39 is 5.60 Å². The number of nitrogens with zero attached hydrogens (tertiary/aromatic N) is 1. The van der Waals surface area contributed by atoms with E-state index in [0.29, 0.717) is 24.4 Å². The smallest absolute Gasteiger partial charge is 0.410 e. The normalized spacial score (nSPS) is 16.9. The van der Waals surface area contributed by atoms with Crippen LogP contribution in [0, 0.1) is 5.41 Å². The van der Waals surface area contributed by atoms with Crippen molar-refractivity contribution in [3.8, 4) is 0 Å². The van der Waals surface area contributed by atoms with Crippen LogP contribution in [0.3, 0.4) is 0 Å². The zero-order valence-electron chi connectivity index (χ0n) is 9.33. The number of amides is 1. The maximum absolute atomic E-state index is 11.6. The van der Waals surface area contributed by atoms with Crippen LogP contribution in [0.4, 0.5) is 4.79 Å². The van der Waals surface area contributed by atoms with Crippen molar-refractivity contribution in [3.63, 3.8) is 0 Å². The molecule has 84 valence electrons. The van der Waals surface area contributed by atoms with Crippen molar-refractivity contribution in [3.05, 3.63) is 11.3 Å². The number of hydrogen-bond donors (Lipinski definition) is 2. The average Bonchev–Trinajstić information content (AvgIpc) is 2.43. The molecule has 0 saturated heterocycles. The molecule has 0 aromatic carbocycles. The number of carbonyl (C=O) groups excluding carboxylic acids is 1. The number of rotatable bonds is 1. The van der Waals surface area contributed by atoms with E-state index in [4.69, 9.17) is 15.9 Å². The van der Waals surface area contributed by atoms with Crippen LogP contribution in [0.25, 0.3) is 0 Å². The molecule has 3 N–H and O–H groups in total. The third-order valence-corrected chi connectivity index (χ3v) is 1.96. The van der Waals surface area contributed by atoms with Crippen LogP contribution in [0.1, 0.15) is 20.8 Å². The lowest BCUT2D eigenvalue weighted by molar-refractivity contribution is 0.0300. The molecule has 0 aromatic heterocycles. The first-order valence-electron chi connectivity index (χ1n) is 4.79. The van der Waals surface area contributed by atoms with Gasteiger partial charge in [-0.05, 0) is 20.8 Å². The molecule has 1 aliphatic heterocycles. The molecule has 0 atom stereocenters. The number of ether oxygens (including phenoxy) is 1. The Morgan fingerprint density at radius 2 is 2.13 bits per heavy atom. The van der Waals surface area contributed by atoms with Gasteiger partial charge in [0.25, 0.3) is 0 Å². The molecular weight excluding hydrogens is 194 g/mol. The Bertz CT molecular complexity index is 315. The highest BCUT2D eigenvalue weighted by atomic mass is 16.6. The summed E-state index contributed by atoms with van der Waals surface area (Å²) in [5.41, 5.74) is 6.41. The van der Waals surface area contributed by atoms with Crippen molar-refractivity contribution in [1.29, 1.82) is 5.41 Å². The van der Waals surface area contributed by atoms with Gasteiger partial charge in [0, 0.05) is 17.5 Å². The Balaban J connectivity index is 2.57. The summed E-state index contributed by atoms with van der Waals surface area (Å²) in [7, 11) is 0. The van der Waals surface area contributed by atoms with Gasteiger partial charge in [-0.2, -0.15) is 0 Å². The van der Waals surface area contributed by atoms with Crippen LogP contribution in [0.2, 0.25) is 0 Å². The van der Waals surface area contributed by atoms with Gasteiger partial charge in [0.05, 0.1) is 13.1 Å². The van der Waals surface area contributed by atoms with Crippen LogP contribution in [0.5, 0.6) is 0 Å². The largest absolute Gasteiger partial charge is 0.444 e. The molecule has 1 aliphatic rings. The maximum atomic E-state index is 11.6. The summed E-state index contributed by atoms with van der Waals surface area (Å²) in [6.07, 6.45) is 0.794. The second kappa shape index (κ2) is 3.92. The lowest BCUT2D eigenvalue weighted by Crippen LogP contribution is -2.36. The summed E-state index contributed by atoms with van der Waals surface area (Å²) in [6.45, 7) is 6.16. The van der Waals surface area contributed by atoms with Gasteiger partial charge in [0.15, 0.2) is 0 Å². The molecule has 0 bridgehead atoms. The molecule has 0 radical (unpaired) electrons. The van der Waals surface area contributed by atoms with Gasteiger partial charge in [0.2, 0.25) is 0 Å². The van der Waals surface area contributed by atoms with Crippen molar-refractivity contribution in [1.82, 2.24) is 4.90 Å². The van der Waals surface area contributed by atoms with E-state index in [1.165, 1.54) is 11.1 Å². The first-order valence-corrected chi connectivity index (χ1v) is 4.79. The quantitative estimate of drug-likeness (QED) is 0.637. The fourth-order valence-corrected chi connectivity index (χ4v) is 1.26. The second-order valence-corrected chi connectivity index (χ2v) is 4.53. The van der Waals surface area contributed by atoms with Crippen LogP contribution >= 0.6 is 0 Å². The van der Waals surface area contributed by atoms with Gasteiger partial charge >= 0.3 is 6.09 Å². The number of hydrogen-bond acceptors (Lipinski definition) is 4. The summed E-state index contributed by atoms with van der Waals surface area (Å²) >= 11 is 0. The molecule has 5 nitrogen and oxygen atoms in total. The molecule has 1 rings (SSSR count).